The minimum Gasteiger partial charge on any atom is -0.455 e. The molecule has 1 fully saturated rings. The molecule has 146 valence electrons. The van der Waals surface area contributed by atoms with E-state index in [-0.39, 0.29) is 11.8 Å². The Bertz CT molecular complexity index is 960. The zero-order chi connectivity index (χ0) is 19.7. The Balaban J connectivity index is 1.59. The van der Waals surface area contributed by atoms with E-state index in [0.29, 0.717) is 11.3 Å². The average molecular weight is 445 g/mol. The van der Waals surface area contributed by atoms with Gasteiger partial charge in [-0.05, 0) is 54.6 Å². The van der Waals surface area contributed by atoms with E-state index in [1.165, 1.54) is 6.20 Å². The first-order chi connectivity index (χ1) is 13.5. The van der Waals surface area contributed by atoms with Crippen LogP contribution in [0.4, 0.5) is 0 Å². The summed E-state index contributed by atoms with van der Waals surface area (Å²) in [6.45, 7) is 3.45. The standard InChI is InChI=1S/C20H21BrN4O3/c1-12-17-15(23-24-19(26)13-9-14(21)11-22-10-13)5-4-6-16(17)28-18(12)20(27)25-7-2-3-8-25/h9-11H,2-8H2,1H3,(H,24,26)/b23-15+. The molecule has 2 amide bonds. The van der Waals surface area contributed by atoms with Gasteiger partial charge in [0, 0.05) is 47.5 Å². The first-order valence-corrected chi connectivity index (χ1v) is 10.2. The van der Waals surface area contributed by atoms with Crippen LogP contribution in [0, 0.1) is 6.92 Å². The maximum absolute atomic E-state index is 12.8. The van der Waals surface area contributed by atoms with E-state index in [9.17, 15) is 9.59 Å². The third kappa shape index (κ3) is 3.61. The zero-order valence-electron chi connectivity index (χ0n) is 15.6. The third-order valence-corrected chi connectivity index (χ3v) is 5.61. The number of hydrogen-bond donors (Lipinski definition) is 1. The maximum atomic E-state index is 12.8. The number of carbonyl (C=O) groups is 2. The van der Waals surface area contributed by atoms with Crippen LogP contribution in [0.1, 0.15) is 63.5 Å². The van der Waals surface area contributed by atoms with Crippen LogP contribution in [0.2, 0.25) is 0 Å². The molecule has 0 bridgehead atoms. The molecule has 0 spiro atoms. The number of likely N-dealkylation sites (tertiary alicyclic amines) is 1. The SMILES string of the molecule is Cc1c(C(=O)N2CCCC2)oc2c1/C(=N/NC(=O)c1cncc(Br)c1)CCC2. The third-order valence-electron chi connectivity index (χ3n) is 5.17. The van der Waals surface area contributed by atoms with E-state index in [4.69, 9.17) is 4.42 Å². The minimum absolute atomic E-state index is 0.0482. The Morgan fingerprint density at radius 1 is 1.21 bits per heavy atom. The Hall–Kier alpha value is -2.48. The fourth-order valence-electron chi connectivity index (χ4n) is 3.77. The Morgan fingerprint density at radius 2 is 2.00 bits per heavy atom. The van der Waals surface area contributed by atoms with Gasteiger partial charge >= 0.3 is 0 Å². The van der Waals surface area contributed by atoms with Gasteiger partial charge in [0.25, 0.3) is 11.8 Å². The molecule has 2 aromatic rings. The number of nitrogens with zero attached hydrogens (tertiary/aromatic N) is 3. The van der Waals surface area contributed by atoms with E-state index in [1.54, 1.807) is 12.3 Å². The van der Waals surface area contributed by atoms with Crippen molar-refractivity contribution in [2.75, 3.05) is 13.1 Å². The van der Waals surface area contributed by atoms with Crippen molar-refractivity contribution in [2.45, 2.75) is 39.0 Å². The minimum atomic E-state index is -0.331. The highest BCUT2D eigenvalue weighted by molar-refractivity contribution is 9.10. The first-order valence-electron chi connectivity index (χ1n) is 9.44. The van der Waals surface area contributed by atoms with Crippen LogP contribution in [0.15, 0.2) is 32.5 Å². The van der Waals surface area contributed by atoms with Crippen LogP contribution in [0.3, 0.4) is 0 Å². The molecule has 3 heterocycles. The predicted molar refractivity (Wildman–Crippen MR) is 107 cm³/mol. The summed E-state index contributed by atoms with van der Waals surface area (Å²) in [6, 6.07) is 1.69. The van der Waals surface area contributed by atoms with Gasteiger partial charge in [-0.3, -0.25) is 14.6 Å². The van der Waals surface area contributed by atoms with Gasteiger partial charge < -0.3 is 9.32 Å². The zero-order valence-corrected chi connectivity index (χ0v) is 17.2. The van der Waals surface area contributed by atoms with Crippen molar-refractivity contribution in [3.63, 3.8) is 0 Å². The number of halogens is 1. The molecular weight excluding hydrogens is 424 g/mol. The maximum Gasteiger partial charge on any atom is 0.289 e. The highest BCUT2D eigenvalue weighted by Crippen LogP contribution is 2.31. The lowest BCUT2D eigenvalue weighted by atomic mass is 9.93. The second kappa shape index (κ2) is 7.87. The summed E-state index contributed by atoms with van der Waals surface area (Å²) in [5.41, 5.74) is 5.45. The highest BCUT2D eigenvalue weighted by atomic mass is 79.9. The summed E-state index contributed by atoms with van der Waals surface area (Å²) in [4.78, 5) is 31.0. The van der Waals surface area contributed by atoms with Crippen LogP contribution < -0.4 is 5.43 Å². The first kappa shape index (κ1) is 18.9. The van der Waals surface area contributed by atoms with Gasteiger partial charge in [0.05, 0.1) is 11.3 Å². The van der Waals surface area contributed by atoms with Crippen molar-refractivity contribution in [2.24, 2.45) is 5.10 Å². The second-order valence-corrected chi connectivity index (χ2v) is 8.01. The Labute approximate surface area is 171 Å². The number of hydrogen-bond acceptors (Lipinski definition) is 5. The summed E-state index contributed by atoms with van der Waals surface area (Å²) in [5.74, 6) is 0.809. The van der Waals surface area contributed by atoms with Crippen LogP contribution in [-0.2, 0) is 6.42 Å². The lowest BCUT2D eigenvalue weighted by molar-refractivity contribution is 0.0758. The van der Waals surface area contributed by atoms with Gasteiger partial charge in [0.1, 0.15) is 5.76 Å². The molecule has 28 heavy (non-hydrogen) atoms. The molecule has 1 aliphatic carbocycles. The number of aryl methyl sites for hydroxylation is 1. The lowest BCUT2D eigenvalue weighted by Gasteiger charge is -2.14. The topological polar surface area (TPSA) is 87.8 Å². The van der Waals surface area contributed by atoms with Gasteiger partial charge in [0.2, 0.25) is 0 Å². The number of rotatable bonds is 3. The van der Waals surface area contributed by atoms with Crippen LogP contribution >= 0.6 is 15.9 Å². The molecular formula is C20H21BrN4O3. The molecule has 4 rings (SSSR count). The number of pyridine rings is 1. The molecule has 2 aliphatic rings. The Morgan fingerprint density at radius 3 is 2.75 bits per heavy atom. The highest BCUT2D eigenvalue weighted by Gasteiger charge is 2.31. The molecule has 1 N–H and O–H groups in total. The van der Waals surface area contributed by atoms with Gasteiger partial charge in [-0.1, -0.05) is 0 Å². The molecule has 0 aromatic carbocycles. The number of fused-ring (bicyclic) bond motifs is 1. The average Bonchev–Trinajstić information content (AvgIpc) is 3.34. The normalized spacial score (nSPS) is 17.6. The van der Waals surface area contributed by atoms with Crippen LogP contribution in [-0.4, -0.2) is 40.5 Å². The van der Waals surface area contributed by atoms with Crippen LogP contribution in [0.25, 0.3) is 0 Å². The second-order valence-electron chi connectivity index (χ2n) is 7.10. The smallest absolute Gasteiger partial charge is 0.289 e. The van der Waals surface area contributed by atoms with E-state index < -0.39 is 0 Å². The molecule has 0 unspecified atom stereocenters. The summed E-state index contributed by atoms with van der Waals surface area (Å²) in [6.07, 6.45) is 7.54. The van der Waals surface area contributed by atoms with E-state index in [1.807, 2.05) is 11.8 Å². The molecule has 8 heteroatoms. The quantitative estimate of drug-likeness (QED) is 0.734. The van der Waals surface area contributed by atoms with E-state index in [2.05, 4.69) is 31.4 Å². The number of hydrazone groups is 1. The fraction of sp³-hybridized carbons (Fsp3) is 0.400. The number of furan rings is 1. The number of amides is 2. The van der Waals surface area contributed by atoms with Gasteiger partial charge in [-0.15, -0.1) is 0 Å². The van der Waals surface area contributed by atoms with Crippen molar-refractivity contribution in [1.29, 1.82) is 0 Å². The van der Waals surface area contributed by atoms with Crippen molar-refractivity contribution in [3.05, 3.63) is 51.1 Å². The number of carbonyl (C=O) groups excluding carboxylic acids is 2. The molecule has 1 aliphatic heterocycles. The summed E-state index contributed by atoms with van der Waals surface area (Å²) >= 11 is 3.31. The van der Waals surface area contributed by atoms with Crippen molar-refractivity contribution in [3.8, 4) is 0 Å². The monoisotopic (exact) mass is 444 g/mol. The predicted octanol–water partition coefficient (Wildman–Crippen LogP) is 3.45. The van der Waals surface area contributed by atoms with Crippen molar-refractivity contribution < 1.29 is 14.0 Å². The molecule has 0 saturated carbocycles. The largest absolute Gasteiger partial charge is 0.455 e. The van der Waals surface area contributed by atoms with Crippen molar-refractivity contribution in [1.82, 2.24) is 15.3 Å². The Kier molecular flexibility index (Phi) is 5.30. The van der Waals surface area contributed by atoms with E-state index in [0.717, 1.165) is 72.3 Å². The summed E-state index contributed by atoms with van der Waals surface area (Å²) in [7, 11) is 0. The number of aromatic nitrogens is 1. The molecule has 0 radical (unpaired) electrons. The van der Waals surface area contributed by atoms with Gasteiger partial charge in [0.15, 0.2) is 5.76 Å². The summed E-state index contributed by atoms with van der Waals surface area (Å²) < 4.78 is 6.67. The van der Waals surface area contributed by atoms with Crippen LogP contribution in [0.5, 0.6) is 0 Å². The summed E-state index contributed by atoms with van der Waals surface area (Å²) in [5, 5.41) is 4.35. The lowest BCUT2D eigenvalue weighted by Crippen LogP contribution is -2.27. The van der Waals surface area contributed by atoms with Gasteiger partial charge in [-0.2, -0.15) is 5.10 Å². The van der Waals surface area contributed by atoms with E-state index >= 15 is 0 Å². The molecule has 0 atom stereocenters. The fourth-order valence-corrected chi connectivity index (χ4v) is 4.13. The molecule has 2 aromatic heterocycles. The number of nitrogens with one attached hydrogen (secondary N) is 1. The molecule has 1 saturated heterocycles. The van der Waals surface area contributed by atoms with Gasteiger partial charge in [-0.25, -0.2) is 5.43 Å². The molecule has 7 nitrogen and oxygen atoms in total. The van der Waals surface area contributed by atoms with Crippen molar-refractivity contribution >= 4 is 33.5 Å².